The fourth-order valence-corrected chi connectivity index (χ4v) is 4.87. The number of hydrogen-bond donors (Lipinski definition) is 0. The van der Waals surface area contributed by atoms with Crippen LogP contribution in [-0.2, 0) is 14.8 Å². The van der Waals surface area contributed by atoms with Gasteiger partial charge >= 0.3 is 0 Å². The van der Waals surface area contributed by atoms with E-state index in [1.54, 1.807) is 0 Å². The van der Waals surface area contributed by atoms with Crippen molar-refractivity contribution in [1.29, 1.82) is 0 Å². The van der Waals surface area contributed by atoms with Crippen molar-refractivity contribution in [3.63, 3.8) is 0 Å². The Morgan fingerprint density at radius 2 is 1.85 bits per heavy atom. The molecule has 0 aromatic heterocycles. The van der Waals surface area contributed by atoms with Gasteiger partial charge < -0.3 is 9.80 Å². The highest BCUT2D eigenvalue weighted by Crippen LogP contribution is 2.26. The van der Waals surface area contributed by atoms with E-state index in [-0.39, 0.29) is 11.8 Å². The molecule has 2 heterocycles. The number of halogens is 1. The first-order valence-corrected chi connectivity index (χ1v) is 11.2. The minimum absolute atomic E-state index is 0.0841. The molecule has 2 aliphatic heterocycles. The lowest BCUT2D eigenvalue weighted by atomic mass is 9.97. The molecule has 0 bridgehead atoms. The molecular formula is C18H26ClN3O3S. The molecule has 0 aliphatic carbocycles. The molecule has 26 heavy (non-hydrogen) atoms. The summed E-state index contributed by atoms with van der Waals surface area (Å²) in [6.45, 7) is 5.71. The van der Waals surface area contributed by atoms with Crippen LogP contribution in [0.15, 0.2) is 18.2 Å². The Labute approximate surface area is 160 Å². The van der Waals surface area contributed by atoms with E-state index in [0.29, 0.717) is 31.2 Å². The SMILES string of the molecule is Cc1ccc(Cl)cc1N1CCN(C(=O)[C@H]2CCCN(S(C)(=O)=O)C2)CC1. The van der Waals surface area contributed by atoms with Crippen molar-refractivity contribution in [3.05, 3.63) is 28.8 Å². The fourth-order valence-electron chi connectivity index (χ4n) is 3.79. The van der Waals surface area contributed by atoms with Gasteiger partial charge in [0.05, 0.1) is 12.2 Å². The molecule has 144 valence electrons. The molecule has 1 amide bonds. The highest BCUT2D eigenvalue weighted by atomic mass is 35.5. The van der Waals surface area contributed by atoms with E-state index in [1.165, 1.54) is 16.1 Å². The summed E-state index contributed by atoms with van der Waals surface area (Å²) in [5.41, 5.74) is 2.29. The largest absolute Gasteiger partial charge is 0.368 e. The van der Waals surface area contributed by atoms with E-state index in [9.17, 15) is 13.2 Å². The second-order valence-electron chi connectivity index (χ2n) is 7.20. The van der Waals surface area contributed by atoms with E-state index in [1.807, 2.05) is 23.1 Å². The molecule has 8 heteroatoms. The predicted octanol–water partition coefficient (Wildman–Crippen LogP) is 1.97. The number of carbonyl (C=O) groups excluding carboxylic acids is 1. The summed E-state index contributed by atoms with van der Waals surface area (Å²) in [5.74, 6) is -0.140. The number of piperidine rings is 1. The van der Waals surface area contributed by atoms with Crippen molar-refractivity contribution < 1.29 is 13.2 Å². The maximum atomic E-state index is 12.9. The molecule has 3 rings (SSSR count). The number of benzene rings is 1. The summed E-state index contributed by atoms with van der Waals surface area (Å²) in [7, 11) is -3.23. The summed E-state index contributed by atoms with van der Waals surface area (Å²) in [5, 5.41) is 0.715. The number of hydrogen-bond acceptors (Lipinski definition) is 4. The van der Waals surface area contributed by atoms with Crippen LogP contribution >= 0.6 is 11.6 Å². The van der Waals surface area contributed by atoms with Gasteiger partial charge in [0.15, 0.2) is 0 Å². The van der Waals surface area contributed by atoms with Gasteiger partial charge in [-0.05, 0) is 37.5 Å². The van der Waals surface area contributed by atoms with Crippen LogP contribution in [0.25, 0.3) is 0 Å². The molecule has 2 saturated heterocycles. The Hall–Kier alpha value is -1.31. The summed E-state index contributed by atoms with van der Waals surface area (Å²) >= 11 is 6.12. The van der Waals surface area contributed by atoms with Crippen LogP contribution in [-0.4, -0.2) is 69.1 Å². The zero-order valence-corrected chi connectivity index (χ0v) is 16.9. The standard InChI is InChI=1S/C18H26ClN3O3S/c1-14-5-6-16(19)12-17(14)20-8-10-21(11-9-20)18(23)15-4-3-7-22(13-15)26(2,24)25/h5-6,12,15H,3-4,7-11,13H2,1-2H3/t15-/m0/s1. The first-order chi connectivity index (χ1) is 12.3. The smallest absolute Gasteiger partial charge is 0.227 e. The van der Waals surface area contributed by atoms with Gasteiger partial charge in [0.25, 0.3) is 0 Å². The third kappa shape index (κ3) is 4.32. The minimum atomic E-state index is -3.23. The Bertz CT molecular complexity index is 776. The van der Waals surface area contributed by atoms with Gasteiger partial charge in [0.1, 0.15) is 0 Å². The summed E-state index contributed by atoms with van der Waals surface area (Å²) < 4.78 is 25.0. The number of sulfonamides is 1. The Kier molecular flexibility index (Phi) is 5.79. The third-order valence-electron chi connectivity index (χ3n) is 5.31. The average molecular weight is 400 g/mol. The summed E-state index contributed by atoms with van der Waals surface area (Å²) in [4.78, 5) is 17.0. The van der Waals surface area contributed by atoms with Gasteiger partial charge in [-0.15, -0.1) is 0 Å². The monoisotopic (exact) mass is 399 g/mol. The predicted molar refractivity (Wildman–Crippen MR) is 104 cm³/mol. The molecule has 2 fully saturated rings. The zero-order valence-electron chi connectivity index (χ0n) is 15.3. The van der Waals surface area contributed by atoms with Crippen LogP contribution < -0.4 is 4.90 Å². The Morgan fingerprint density at radius 1 is 1.15 bits per heavy atom. The molecule has 2 aliphatic rings. The lowest BCUT2D eigenvalue weighted by Crippen LogP contribution is -2.53. The van der Waals surface area contributed by atoms with Gasteiger partial charge in [-0.2, -0.15) is 0 Å². The van der Waals surface area contributed by atoms with Gasteiger partial charge in [-0.3, -0.25) is 4.79 Å². The Balaban J connectivity index is 1.61. The van der Waals surface area contributed by atoms with Crippen LogP contribution in [0.3, 0.4) is 0 Å². The van der Waals surface area contributed by atoms with Crippen LogP contribution in [0.5, 0.6) is 0 Å². The molecule has 1 aromatic rings. The second kappa shape index (κ2) is 7.74. The lowest BCUT2D eigenvalue weighted by molar-refractivity contribution is -0.137. The molecule has 1 aromatic carbocycles. The highest BCUT2D eigenvalue weighted by molar-refractivity contribution is 7.88. The van der Waals surface area contributed by atoms with Crippen molar-refractivity contribution in [2.24, 2.45) is 5.92 Å². The molecule has 0 N–H and O–H groups in total. The quantitative estimate of drug-likeness (QED) is 0.779. The maximum absolute atomic E-state index is 12.9. The molecule has 0 spiro atoms. The van der Waals surface area contributed by atoms with Gasteiger partial charge in [0.2, 0.25) is 15.9 Å². The summed E-state index contributed by atoms with van der Waals surface area (Å²) in [6.07, 6.45) is 2.72. The van der Waals surface area contributed by atoms with Crippen LogP contribution in [0.4, 0.5) is 5.69 Å². The van der Waals surface area contributed by atoms with Crippen molar-refractivity contribution >= 4 is 33.2 Å². The molecule has 0 radical (unpaired) electrons. The van der Waals surface area contributed by atoms with Crippen molar-refractivity contribution in [2.45, 2.75) is 19.8 Å². The summed E-state index contributed by atoms with van der Waals surface area (Å²) in [6, 6.07) is 5.87. The number of carbonyl (C=O) groups is 1. The van der Waals surface area contributed by atoms with Gasteiger partial charge in [-0.25, -0.2) is 12.7 Å². The highest BCUT2D eigenvalue weighted by Gasteiger charge is 2.33. The Morgan fingerprint density at radius 3 is 2.50 bits per heavy atom. The fraction of sp³-hybridized carbons (Fsp3) is 0.611. The first kappa shape index (κ1) is 19.5. The molecular weight excluding hydrogens is 374 g/mol. The number of rotatable bonds is 3. The number of nitrogens with zero attached hydrogens (tertiary/aromatic N) is 3. The van der Waals surface area contributed by atoms with Crippen LogP contribution in [0.1, 0.15) is 18.4 Å². The average Bonchev–Trinajstić information content (AvgIpc) is 2.63. The number of anilines is 1. The molecule has 6 nitrogen and oxygen atoms in total. The second-order valence-corrected chi connectivity index (χ2v) is 9.62. The van der Waals surface area contributed by atoms with Gasteiger partial charge in [-0.1, -0.05) is 17.7 Å². The number of amides is 1. The molecule has 0 saturated carbocycles. The topological polar surface area (TPSA) is 60.9 Å². The maximum Gasteiger partial charge on any atom is 0.227 e. The first-order valence-electron chi connectivity index (χ1n) is 9.01. The zero-order chi connectivity index (χ0) is 18.9. The van der Waals surface area contributed by atoms with Gasteiger partial charge in [0, 0.05) is 50.0 Å². The van der Waals surface area contributed by atoms with Crippen LogP contribution in [0, 0.1) is 12.8 Å². The normalized spacial score (nSPS) is 22.5. The molecule has 1 atom stereocenters. The van der Waals surface area contributed by atoms with Crippen molar-refractivity contribution in [1.82, 2.24) is 9.21 Å². The van der Waals surface area contributed by atoms with Crippen molar-refractivity contribution in [2.75, 3.05) is 50.4 Å². The van der Waals surface area contributed by atoms with E-state index in [4.69, 9.17) is 11.6 Å². The lowest BCUT2D eigenvalue weighted by Gasteiger charge is -2.39. The molecule has 0 unspecified atom stereocenters. The van der Waals surface area contributed by atoms with E-state index >= 15 is 0 Å². The van der Waals surface area contributed by atoms with E-state index in [2.05, 4.69) is 11.8 Å². The third-order valence-corrected chi connectivity index (χ3v) is 6.81. The number of aryl methyl sites for hydroxylation is 1. The minimum Gasteiger partial charge on any atom is -0.368 e. The van der Waals surface area contributed by atoms with Crippen molar-refractivity contribution in [3.8, 4) is 0 Å². The van der Waals surface area contributed by atoms with Crippen LogP contribution in [0.2, 0.25) is 5.02 Å². The van der Waals surface area contributed by atoms with E-state index in [0.717, 1.165) is 31.6 Å². The number of piperazine rings is 1. The van der Waals surface area contributed by atoms with E-state index < -0.39 is 10.0 Å².